The Morgan fingerprint density at radius 2 is 1.62 bits per heavy atom. The lowest BCUT2D eigenvalue weighted by molar-refractivity contribution is 0.443. The molecule has 0 aromatic heterocycles. The van der Waals surface area contributed by atoms with E-state index in [4.69, 9.17) is 0 Å². The van der Waals surface area contributed by atoms with E-state index in [0.29, 0.717) is 11.8 Å². The van der Waals surface area contributed by atoms with Crippen LogP contribution in [0.1, 0.15) is 48.0 Å². The molecule has 76 valence electrons. The Balaban J connectivity index is 2.90. The van der Waals surface area contributed by atoms with Crippen molar-refractivity contribution in [2.24, 2.45) is 11.8 Å². The quantitative estimate of drug-likeness (QED) is 0.689. The van der Waals surface area contributed by atoms with Crippen LogP contribution >= 0.6 is 0 Å². The fourth-order valence-electron chi connectivity index (χ4n) is 2.09. The first kappa shape index (κ1) is 10.6. The van der Waals surface area contributed by atoms with E-state index in [2.05, 4.69) is 46.9 Å². The van der Waals surface area contributed by atoms with Gasteiger partial charge in [-0.25, -0.2) is 0 Å². The maximum absolute atomic E-state index is 3.64. The Kier molecular flexibility index (Phi) is 2.74. The second-order valence-corrected chi connectivity index (χ2v) is 5.43. The van der Waals surface area contributed by atoms with Crippen molar-refractivity contribution >= 4 is 0 Å². The second-order valence-electron chi connectivity index (χ2n) is 5.43. The summed E-state index contributed by atoms with van der Waals surface area (Å²) in [7, 11) is 0. The van der Waals surface area contributed by atoms with Gasteiger partial charge in [0, 0.05) is 11.2 Å². The summed E-state index contributed by atoms with van der Waals surface area (Å²) in [5.41, 5.74) is 3.39. The van der Waals surface area contributed by atoms with Crippen molar-refractivity contribution in [3.05, 3.63) is 11.3 Å². The lowest BCUT2D eigenvalue weighted by atomic mass is 9.91. The Morgan fingerprint density at radius 3 is 1.92 bits per heavy atom. The topological polar surface area (TPSA) is 12.0 Å². The van der Waals surface area contributed by atoms with E-state index < -0.39 is 0 Å². The molecule has 0 radical (unpaired) electrons. The predicted molar refractivity (Wildman–Crippen MR) is 58.5 cm³/mol. The molecule has 13 heavy (non-hydrogen) atoms. The third kappa shape index (κ3) is 2.26. The molecule has 0 unspecified atom stereocenters. The fourth-order valence-corrected chi connectivity index (χ4v) is 2.09. The summed E-state index contributed by atoms with van der Waals surface area (Å²) in [6.07, 6.45) is 1.21. The van der Waals surface area contributed by atoms with Gasteiger partial charge in [-0.2, -0.15) is 0 Å². The van der Waals surface area contributed by atoms with Crippen LogP contribution in [0.4, 0.5) is 0 Å². The van der Waals surface area contributed by atoms with Crippen molar-refractivity contribution in [1.29, 1.82) is 0 Å². The molecule has 0 aromatic rings. The molecule has 0 spiro atoms. The smallest absolute Gasteiger partial charge is 0.0352 e. The minimum atomic E-state index is 0.277. The highest BCUT2D eigenvalue weighted by molar-refractivity contribution is 5.26. The lowest BCUT2D eigenvalue weighted by Gasteiger charge is -2.21. The van der Waals surface area contributed by atoms with Crippen LogP contribution in [-0.4, -0.2) is 5.54 Å². The summed E-state index contributed by atoms with van der Waals surface area (Å²) in [4.78, 5) is 0. The standard InChI is InChI=1S/C12H23N/c1-8(2)10-7-12(5,6)13-11(10)9(3)4/h8-9,13H,7H2,1-6H3. The third-order valence-electron chi connectivity index (χ3n) is 2.73. The van der Waals surface area contributed by atoms with Crippen LogP contribution in [0.2, 0.25) is 0 Å². The predicted octanol–water partition coefficient (Wildman–Crippen LogP) is 3.32. The van der Waals surface area contributed by atoms with Gasteiger partial charge >= 0.3 is 0 Å². The minimum absolute atomic E-state index is 0.277. The first-order chi connectivity index (χ1) is 5.83. The summed E-state index contributed by atoms with van der Waals surface area (Å²) in [6.45, 7) is 13.7. The first-order valence-corrected chi connectivity index (χ1v) is 5.34. The van der Waals surface area contributed by atoms with Gasteiger partial charge in [0.1, 0.15) is 0 Å². The van der Waals surface area contributed by atoms with Gasteiger partial charge in [0.2, 0.25) is 0 Å². The third-order valence-corrected chi connectivity index (χ3v) is 2.73. The summed E-state index contributed by atoms with van der Waals surface area (Å²) >= 11 is 0. The van der Waals surface area contributed by atoms with Crippen LogP contribution in [0.3, 0.4) is 0 Å². The van der Waals surface area contributed by atoms with Gasteiger partial charge in [0.15, 0.2) is 0 Å². The molecule has 1 nitrogen and oxygen atoms in total. The maximum atomic E-state index is 3.64. The van der Waals surface area contributed by atoms with Crippen molar-refractivity contribution in [2.45, 2.75) is 53.5 Å². The Labute approximate surface area is 82.6 Å². The molecule has 0 aliphatic carbocycles. The molecular formula is C12H23N. The molecule has 1 aliphatic heterocycles. The Morgan fingerprint density at radius 1 is 1.08 bits per heavy atom. The summed E-state index contributed by atoms with van der Waals surface area (Å²) in [5, 5.41) is 3.64. The largest absolute Gasteiger partial charge is 0.383 e. The van der Waals surface area contributed by atoms with E-state index >= 15 is 0 Å². The first-order valence-electron chi connectivity index (χ1n) is 5.34. The van der Waals surface area contributed by atoms with Gasteiger partial charge in [0.25, 0.3) is 0 Å². The van der Waals surface area contributed by atoms with Gasteiger partial charge in [0.05, 0.1) is 0 Å². The van der Waals surface area contributed by atoms with Crippen molar-refractivity contribution in [3.8, 4) is 0 Å². The molecule has 1 aliphatic rings. The molecular weight excluding hydrogens is 158 g/mol. The van der Waals surface area contributed by atoms with Crippen LogP contribution in [0.5, 0.6) is 0 Å². The van der Waals surface area contributed by atoms with Gasteiger partial charge in [-0.1, -0.05) is 27.7 Å². The zero-order valence-corrected chi connectivity index (χ0v) is 9.86. The summed E-state index contributed by atoms with van der Waals surface area (Å²) in [6, 6.07) is 0. The van der Waals surface area contributed by atoms with Crippen LogP contribution in [-0.2, 0) is 0 Å². The molecule has 0 amide bonds. The number of allylic oxidation sites excluding steroid dienone is 1. The number of rotatable bonds is 2. The normalized spacial score (nSPS) is 21.5. The molecule has 0 aromatic carbocycles. The molecule has 1 rings (SSSR count). The van der Waals surface area contributed by atoms with Crippen molar-refractivity contribution in [2.75, 3.05) is 0 Å². The Bertz CT molecular complexity index is 199. The highest BCUT2D eigenvalue weighted by Gasteiger charge is 2.31. The average molecular weight is 181 g/mol. The monoisotopic (exact) mass is 181 g/mol. The summed E-state index contributed by atoms with van der Waals surface area (Å²) < 4.78 is 0. The molecule has 0 bridgehead atoms. The van der Waals surface area contributed by atoms with Gasteiger partial charge < -0.3 is 5.32 Å². The van der Waals surface area contributed by atoms with Gasteiger partial charge in [-0.3, -0.25) is 0 Å². The average Bonchev–Trinajstić information content (AvgIpc) is 2.26. The van der Waals surface area contributed by atoms with Crippen LogP contribution in [0.15, 0.2) is 11.3 Å². The molecule has 0 saturated heterocycles. The van der Waals surface area contributed by atoms with E-state index in [1.165, 1.54) is 12.1 Å². The number of hydrogen-bond donors (Lipinski definition) is 1. The number of nitrogens with one attached hydrogen (secondary N) is 1. The zero-order valence-electron chi connectivity index (χ0n) is 9.86. The van der Waals surface area contributed by atoms with Gasteiger partial charge in [-0.15, -0.1) is 0 Å². The highest BCUT2D eigenvalue weighted by Crippen LogP contribution is 2.34. The zero-order chi connectivity index (χ0) is 10.2. The van der Waals surface area contributed by atoms with E-state index in [0.717, 1.165) is 0 Å². The molecule has 0 saturated carbocycles. The lowest BCUT2D eigenvalue weighted by Crippen LogP contribution is -2.34. The second kappa shape index (κ2) is 3.36. The van der Waals surface area contributed by atoms with Gasteiger partial charge in [-0.05, 0) is 37.7 Å². The van der Waals surface area contributed by atoms with E-state index in [-0.39, 0.29) is 5.54 Å². The highest BCUT2D eigenvalue weighted by atomic mass is 15.0. The van der Waals surface area contributed by atoms with Crippen molar-refractivity contribution in [3.63, 3.8) is 0 Å². The molecule has 1 heteroatoms. The van der Waals surface area contributed by atoms with E-state index in [9.17, 15) is 0 Å². The van der Waals surface area contributed by atoms with Crippen LogP contribution in [0.25, 0.3) is 0 Å². The molecule has 1 N–H and O–H groups in total. The van der Waals surface area contributed by atoms with Crippen molar-refractivity contribution < 1.29 is 0 Å². The van der Waals surface area contributed by atoms with E-state index in [1.54, 1.807) is 5.57 Å². The van der Waals surface area contributed by atoms with E-state index in [1.807, 2.05) is 0 Å². The Hall–Kier alpha value is -0.460. The van der Waals surface area contributed by atoms with Crippen molar-refractivity contribution in [1.82, 2.24) is 5.32 Å². The minimum Gasteiger partial charge on any atom is -0.383 e. The summed E-state index contributed by atoms with van der Waals surface area (Å²) in [5.74, 6) is 1.32. The number of hydrogen-bond acceptors (Lipinski definition) is 1. The fraction of sp³-hybridized carbons (Fsp3) is 0.833. The molecule has 0 fully saturated rings. The van der Waals surface area contributed by atoms with Crippen LogP contribution in [0, 0.1) is 11.8 Å². The maximum Gasteiger partial charge on any atom is 0.0352 e. The molecule has 1 heterocycles. The molecule has 0 atom stereocenters. The SMILES string of the molecule is CC(C)C1=C(C(C)C)NC(C)(C)C1. The van der Waals surface area contributed by atoms with Crippen LogP contribution < -0.4 is 5.32 Å².